The average molecular weight is 363 g/mol. The molecule has 2 rings (SSSR count). The van der Waals surface area contributed by atoms with Crippen molar-refractivity contribution < 1.29 is 18.0 Å². The molecule has 0 aliphatic rings. The van der Waals surface area contributed by atoms with E-state index in [9.17, 15) is 18.0 Å². The van der Waals surface area contributed by atoms with Crippen molar-refractivity contribution in [2.24, 2.45) is 0 Å². The molecule has 0 bridgehead atoms. The Kier molecular flexibility index (Phi) is 7.25. The quantitative estimate of drug-likeness (QED) is 0.594. The lowest BCUT2D eigenvalue weighted by Crippen LogP contribution is -2.22. The molecule has 0 saturated heterocycles. The number of carbonyl (C=O) groups is 1. The number of hydrogen-bond acceptors (Lipinski definition) is 1. The standard InChI is InChI=1S/C21H24F3NO/c1-2-3-4-5-6-16-7-11-18(12-8-16)20(26)25-15-17-9-13-19(14-10-17)21(22,23)24/h7-14H,2-6,15H2,1H3,(H,25,26). The van der Waals surface area contributed by atoms with Gasteiger partial charge in [0.1, 0.15) is 0 Å². The van der Waals surface area contributed by atoms with E-state index in [4.69, 9.17) is 0 Å². The van der Waals surface area contributed by atoms with Gasteiger partial charge in [0, 0.05) is 12.1 Å². The summed E-state index contributed by atoms with van der Waals surface area (Å²) in [6.45, 7) is 2.37. The number of unbranched alkanes of at least 4 members (excludes halogenated alkanes) is 3. The number of aryl methyl sites for hydroxylation is 1. The molecule has 0 aliphatic carbocycles. The molecule has 140 valence electrons. The van der Waals surface area contributed by atoms with Gasteiger partial charge in [-0.2, -0.15) is 13.2 Å². The lowest BCUT2D eigenvalue weighted by molar-refractivity contribution is -0.137. The molecule has 0 unspecified atom stereocenters. The number of nitrogens with one attached hydrogen (secondary N) is 1. The summed E-state index contributed by atoms with van der Waals surface area (Å²) in [7, 11) is 0. The topological polar surface area (TPSA) is 29.1 Å². The smallest absolute Gasteiger partial charge is 0.348 e. The fourth-order valence-electron chi connectivity index (χ4n) is 2.67. The van der Waals surface area contributed by atoms with E-state index in [0.717, 1.165) is 25.0 Å². The number of amides is 1. The molecule has 0 spiro atoms. The van der Waals surface area contributed by atoms with E-state index < -0.39 is 11.7 Å². The minimum Gasteiger partial charge on any atom is -0.348 e. The predicted octanol–water partition coefficient (Wildman–Crippen LogP) is 5.76. The van der Waals surface area contributed by atoms with E-state index in [-0.39, 0.29) is 12.5 Å². The number of benzene rings is 2. The summed E-state index contributed by atoms with van der Waals surface area (Å²) in [6.07, 6.45) is 1.47. The van der Waals surface area contributed by atoms with Crippen LogP contribution in [0.2, 0.25) is 0 Å². The van der Waals surface area contributed by atoms with Crippen LogP contribution in [0.25, 0.3) is 0 Å². The first-order chi connectivity index (χ1) is 12.4. The summed E-state index contributed by atoms with van der Waals surface area (Å²) >= 11 is 0. The molecule has 1 N–H and O–H groups in total. The summed E-state index contributed by atoms with van der Waals surface area (Å²) in [5.74, 6) is -0.234. The fraction of sp³-hybridized carbons (Fsp3) is 0.381. The van der Waals surface area contributed by atoms with Crippen LogP contribution in [0.4, 0.5) is 13.2 Å². The summed E-state index contributed by atoms with van der Waals surface area (Å²) in [4.78, 5) is 12.2. The maximum atomic E-state index is 12.5. The van der Waals surface area contributed by atoms with Gasteiger partial charge in [-0.25, -0.2) is 0 Å². The maximum absolute atomic E-state index is 12.5. The van der Waals surface area contributed by atoms with Crippen LogP contribution >= 0.6 is 0 Å². The van der Waals surface area contributed by atoms with Gasteiger partial charge in [-0.15, -0.1) is 0 Å². The van der Waals surface area contributed by atoms with Crippen LogP contribution in [-0.4, -0.2) is 5.91 Å². The number of rotatable bonds is 8. The highest BCUT2D eigenvalue weighted by Crippen LogP contribution is 2.29. The van der Waals surface area contributed by atoms with Crippen LogP contribution in [0, 0.1) is 0 Å². The van der Waals surface area contributed by atoms with Gasteiger partial charge in [-0.1, -0.05) is 50.5 Å². The Bertz CT molecular complexity index is 691. The highest BCUT2D eigenvalue weighted by Gasteiger charge is 2.29. The van der Waals surface area contributed by atoms with Crippen LogP contribution in [0.3, 0.4) is 0 Å². The first-order valence-electron chi connectivity index (χ1n) is 8.93. The first-order valence-corrected chi connectivity index (χ1v) is 8.93. The third kappa shape index (κ3) is 6.21. The molecule has 0 heterocycles. The van der Waals surface area contributed by atoms with Crippen molar-refractivity contribution in [3.63, 3.8) is 0 Å². The second kappa shape index (κ2) is 9.41. The molecular formula is C21H24F3NO. The molecule has 26 heavy (non-hydrogen) atoms. The van der Waals surface area contributed by atoms with Crippen molar-refractivity contribution in [1.82, 2.24) is 5.32 Å². The molecule has 5 heteroatoms. The molecule has 2 aromatic rings. The van der Waals surface area contributed by atoms with Crippen molar-refractivity contribution >= 4 is 5.91 Å². The minimum atomic E-state index is -4.35. The Hall–Kier alpha value is -2.30. The van der Waals surface area contributed by atoms with E-state index in [1.807, 2.05) is 12.1 Å². The van der Waals surface area contributed by atoms with Crippen molar-refractivity contribution in [3.8, 4) is 0 Å². The van der Waals surface area contributed by atoms with Crippen LogP contribution in [0.15, 0.2) is 48.5 Å². The zero-order valence-electron chi connectivity index (χ0n) is 14.9. The van der Waals surface area contributed by atoms with Gasteiger partial charge in [0.2, 0.25) is 0 Å². The number of halogens is 3. The number of alkyl halides is 3. The second-order valence-electron chi connectivity index (χ2n) is 6.38. The van der Waals surface area contributed by atoms with E-state index in [2.05, 4.69) is 12.2 Å². The molecule has 0 aliphatic heterocycles. The Labute approximate surface area is 152 Å². The molecule has 0 radical (unpaired) electrons. The second-order valence-corrected chi connectivity index (χ2v) is 6.38. The fourth-order valence-corrected chi connectivity index (χ4v) is 2.67. The molecule has 0 atom stereocenters. The van der Waals surface area contributed by atoms with Crippen LogP contribution < -0.4 is 5.32 Å². The minimum absolute atomic E-state index is 0.190. The molecule has 1 amide bonds. The Morgan fingerprint density at radius 3 is 2.08 bits per heavy atom. The van der Waals surface area contributed by atoms with E-state index in [1.165, 1.54) is 37.0 Å². The van der Waals surface area contributed by atoms with Gasteiger partial charge in [-0.3, -0.25) is 4.79 Å². The van der Waals surface area contributed by atoms with E-state index >= 15 is 0 Å². The van der Waals surface area contributed by atoms with Crippen molar-refractivity contribution in [3.05, 3.63) is 70.8 Å². The van der Waals surface area contributed by atoms with E-state index in [1.54, 1.807) is 12.1 Å². The number of carbonyl (C=O) groups excluding carboxylic acids is 1. The molecule has 0 fully saturated rings. The maximum Gasteiger partial charge on any atom is 0.416 e. The molecule has 2 aromatic carbocycles. The third-order valence-electron chi connectivity index (χ3n) is 4.27. The average Bonchev–Trinajstić information content (AvgIpc) is 2.63. The van der Waals surface area contributed by atoms with E-state index in [0.29, 0.717) is 11.1 Å². The molecule has 2 nitrogen and oxygen atoms in total. The summed E-state index contributed by atoms with van der Waals surface area (Å²) in [5.41, 5.74) is 1.69. The Morgan fingerprint density at radius 1 is 0.885 bits per heavy atom. The Balaban J connectivity index is 1.84. The zero-order chi connectivity index (χ0) is 19.0. The van der Waals surface area contributed by atoms with Crippen molar-refractivity contribution in [2.45, 2.75) is 51.7 Å². The van der Waals surface area contributed by atoms with Gasteiger partial charge >= 0.3 is 6.18 Å². The normalized spacial score (nSPS) is 11.4. The van der Waals surface area contributed by atoms with Gasteiger partial charge < -0.3 is 5.32 Å². The lowest BCUT2D eigenvalue weighted by atomic mass is 10.0. The van der Waals surface area contributed by atoms with Crippen LogP contribution in [0.1, 0.15) is 59.7 Å². The zero-order valence-corrected chi connectivity index (χ0v) is 14.9. The summed E-state index contributed by atoms with van der Waals surface area (Å²) in [5, 5.41) is 2.73. The van der Waals surface area contributed by atoms with Gasteiger partial charge in [0.25, 0.3) is 5.91 Å². The largest absolute Gasteiger partial charge is 0.416 e. The van der Waals surface area contributed by atoms with Gasteiger partial charge in [-0.05, 0) is 48.2 Å². The van der Waals surface area contributed by atoms with Crippen LogP contribution in [-0.2, 0) is 19.1 Å². The SMILES string of the molecule is CCCCCCc1ccc(C(=O)NCc2ccc(C(F)(F)F)cc2)cc1. The monoisotopic (exact) mass is 363 g/mol. The highest BCUT2D eigenvalue weighted by molar-refractivity contribution is 5.94. The van der Waals surface area contributed by atoms with Crippen molar-refractivity contribution in [2.75, 3.05) is 0 Å². The van der Waals surface area contributed by atoms with Gasteiger partial charge in [0.05, 0.1) is 5.56 Å². The Morgan fingerprint density at radius 2 is 1.50 bits per heavy atom. The van der Waals surface area contributed by atoms with Crippen LogP contribution in [0.5, 0.6) is 0 Å². The summed E-state index contributed by atoms with van der Waals surface area (Å²) in [6, 6.07) is 12.3. The molecular weight excluding hydrogens is 339 g/mol. The van der Waals surface area contributed by atoms with Gasteiger partial charge in [0.15, 0.2) is 0 Å². The predicted molar refractivity (Wildman–Crippen MR) is 96.9 cm³/mol. The summed E-state index contributed by atoms with van der Waals surface area (Å²) < 4.78 is 37.6. The number of hydrogen-bond donors (Lipinski definition) is 1. The first kappa shape index (κ1) is 20.0. The molecule has 0 aromatic heterocycles. The third-order valence-corrected chi connectivity index (χ3v) is 4.27. The molecule has 0 saturated carbocycles. The lowest BCUT2D eigenvalue weighted by Gasteiger charge is -2.09. The van der Waals surface area contributed by atoms with Crippen molar-refractivity contribution in [1.29, 1.82) is 0 Å². The highest BCUT2D eigenvalue weighted by atomic mass is 19.4.